The van der Waals surface area contributed by atoms with Crippen molar-refractivity contribution >= 4 is 29.0 Å². The third kappa shape index (κ3) is 2.69. The van der Waals surface area contributed by atoms with Crippen LogP contribution in [0.3, 0.4) is 0 Å². The zero-order valence-corrected chi connectivity index (χ0v) is 16.6. The van der Waals surface area contributed by atoms with Gasteiger partial charge in [0.2, 0.25) is 0 Å². The number of aromatic nitrogens is 2. The highest BCUT2D eigenvalue weighted by molar-refractivity contribution is 7.71. The second-order valence-electron chi connectivity index (χ2n) is 8.63. The number of hydrogen-bond donors (Lipinski definition) is 2. The monoisotopic (exact) mass is 395 g/mol. The fraction of sp³-hybridized carbons (Fsp3) is 0.500. The maximum atomic E-state index is 12.9. The molecule has 3 fully saturated rings. The van der Waals surface area contributed by atoms with Crippen LogP contribution in [0.5, 0.6) is 0 Å². The summed E-state index contributed by atoms with van der Waals surface area (Å²) in [6.07, 6.45) is 8.13. The highest BCUT2D eigenvalue weighted by atomic mass is 32.1. The molecule has 3 aliphatic carbocycles. The molecular weight excluding hydrogens is 370 g/mol. The molecule has 1 amide bonds. The van der Waals surface area contributed by atoms with Crippen molar-refractivity contribution in [3.8, 4) is 0 Å². The highest BCUT2D eigenvalue weighted by Gasteiger charge is 2.54. The van der Waals surface area contributed by atoms with Crippen molar-refractivity contribution in [2.45, 2.75) is 44.7 Å². The lowest BCUT2D eigenvalue weighted by atomic mass is 9.79. The fourth-order valence-corrected chi connectivity index (χ4v) is 6.44. The number of carbonyl (C=O) groups excluding carboxylic acids is 1. The van der Waals surface area contributed by atoms with E-state index in [1.54, 1.807) is 24.3 Å². The van der Waals surface area contributed by atoms with Gasteiger partial charge >= 0.3 is 0 Å². The van der Waals surface area contributed by atoms with Crippen LogP contribution in [-0.4, -0.2) is 21.5 Å². The number of carbonyl (C=O) groups is 1. The van der Waals surface area contributed by atoms with E-state index in [1.807, 2.05) is 0 Å². The molecule has 0 radical (unpaired) electrons. The normalized spacial score (nSPS) is 30.5. The summed E-state index contributed by atoms with van der Waals surface area (Å²) in [5.41, 5.74) is 1.02. The number of aromatic amines is 1. The second kappa shape index (κ2) is 6.69. The average Bonchev–Trinajstić information content (AvgIpc) is 3.38. The van der Waals surface area contributed by atoms with Crippen LogP contribution in [0.4, 0.5) is 0 Å². The van der Waals surface area contributed by atoms with Crippen LogP contribution >= 0.6 is 12.2 Å². The maximum absolute atomic E-state index is 12.9. The predicted octanol–water partition coefficient (Wildman–Crippen LogP) is 3.80. The number of H-pyrrole nitrogens is 1. The van der Waals surface area contributed by atoms with E-state index in [1.165, 1.54) is 30.3 Å². The van der Waals surface area contributed by atoms with Crippen molar-refractivity contribution in [3.63, 3.8) is 0 Å². The molecule has 5 rings (SSSR count). The third-order valence-electron chi connectivity index (χ3n) is 7.30. The molecule has 1 heterocycles. The quantitative estimate of drug-likeness (QED) is 0.611. The molecular formula is C22H25N3O2S. The highest BCUT2D eigenvalue weighted by Crippen LogP contribution is 2.58. The van der Waals surface area contributed by atoms with Gasteiger partial charge < -0.3 is 10.3 Å². The summed E-state index contributed by atoms with van der Waals surface area (Å²) in [7, 11) is 0. The van der Waals surface area contributed by atoms with Gasteiger partial charge in [-0.3, -0.25) is 14.2 Å². The summed E-state index contributed by atoms with van der Waals surface area (Å²) in [4.78, 5) is 28.6. The van der Waals surface area contributed by atoms with Crippen LogP contribution in [0, 0.1) is 28.4 Å². The summed E-state index contributed by atoms with van der Waals surface area (Å²) in [6.45, 7) is 4.03. The third-order valence-corrected chi connectivity index (χ3v) is 7.62. The molecule has 5 atom stereocenters. The zero-order valence-electron chi connectivity index (χ0n) is 15.8. The van der Waals surface area contributed by atoms with E-state index in [9.17, 15) is 9.59 Å². The molecule has 1 aromatic heterocycles. The standard InChI is InChI=1S/C22H25N3O2S/c1-2-8-25-21(27)16-7-6-12(10-18(16)24-22(25)28)20(26)23-19-11-13-9-17(19)15-5-3-4-14(13)15/h2,6-7,10,13-15,17,19H,1,3-5,8-9,11H2,(H,23,26)(H,24,28)/t13-,14-,15-,17+,19-/m1/s1. The molecule has 5 nitrogen and oxygen atoms in total. The van der Waals surface area contributed by atoms with E-state index < -0.39 is 0 Å². The molecule has 0 aliphatic heterocycles. The van der Waals surface area contributed by atoms with E-state index in [0.717, 1.165) is 24.2 Å². The molecule has 0 saturated heterocycles. The van der Waals surface area contributed by atoms with Crippen LogP contribution in [0.2, 0.25) is 0 Å². The van der Waals surface area contributed by atoms with E-state index in [4.69, 9.17) is 12.2 Å². The number of rotatable bonds is 4. The molecule has 3 saturated carbocycles. The number of allylic oxidation sites excluding steroid dienone is 1. The SMILES string of the molecule is C=CCn1c(=S)[nH]c2cc(C(=O)N[C@@H]3C[C@H]4C[C@H]3[C@@H]3CCC[C@H]43)ccc2c1=O. The lowest BCUT2D eigenvalue weighted by molar-refractivity contribution is 0.0901. The van der Waals surface area contributed by atoms with Gasteiger partial charge in [-0.2, -0.15) is 0 Å². The van der Waals surface area contributed by atoms with Crippen molar-refractivity contribution in [2.24, 2.45) is 23.7 Å². The van der Waals surface area contributed by atoms with E-state index >= 15 is 0 Å². The first-order chi connectivity index (χ1) is 13.6. The maximum Gasteiger partial charge on any atom is 0.262 e. The first kappa shape index (κ1) is 17.9. The lowest BCUT2D eigenvalue weighted by Crippen LogP contribution is -2.42. The Morgan fingerprint density at radius 1 is 1.29 bits per heavy atom. The molecule has 0 spiro atoms. The second-order valence-corrected chi connectivity index (χ2v) is 9.02. The van der Waals surface area contributed by atoms with E-state index in [-0.39, 0.29) is 11.5 Å². The lowest BCUT2D eigenvalue weighted by Gasteiger charge is -2.32. The number of hydrogen-bond acceptors (Lipinski definition) is 3. The van der Waals surface area contributed by atoms with Crippen molar-refractivity contribution in [3.05, 3.63) is 51.5 Å². The number of fused-ring (bicyclic) bond motifs is 6. The van der Waals surface area contributed by atoms with E-state index in [2.05, 4.69) is 16.9 Å². The van der Waals surface area contributed by atoms with Gasteiger partial charge in [0, 0.05) is 18.2 Å². The van der Waals surface area contributed by atoms with Crippen molar-refractivity contribution < 1.29 is 4.79 Å². The van der Waals surface area contributed by atoms with Crippen LogP contribution in [0.1, 0.15) is 42.5 Å². The average molecular weight is 396 g/mol. The summed E-state index contributed by atoms with van der Waals surface area (Å²) in [6, 6.07) is 5.49. The smallest absolute Gasteiger partial charge is 0.262 e. The number of nitrogens with one attached hydrogen (secondary N) is 2. The molecule has 0 unspecified atom stereocenters. The molecule has 6 heteroatoms. The zero-order chi connectivity index (χ0) is 19.4. The minimum absolute atomic E-state index is 0.0522. The van der Waals surface area contributed by atoms with Crippen molar-refractivity contribution in [1.29, 1.82) is 0 Å². The van der Waals surface area contributed by atoms with Gasteiger partial charge in [-0.1, -0.05) is 12.5 Å². The topological polar surface area (TPSA) is 66.9 Å². The molecule has 146 valence electrons. The Balaban J connectivity index is 1.40. The Morgan fingerprint density at radius 2 is 2.11 bits per heavy atom. The summed E-state index contributed by atoms with van der Waals surface area (Å²) in [5.74, 6) is 3.14. The van der Waals surface area contributed by atoms with Gasteiger partial charge in [-0.15, -0.1) is 6.58 Å². The minimum atomic E-state index is -0.161. The van der Waals surface area contributed by atoms with Gasteiger partial charge in [0.15, 0.2) is 4.77 Å². The minimum Gasteiger partial charge on any atom is -0.349 e. The summed E-state index contributed by atoms with van der Waals surface area (Å²) in [5, 5.41) is 3.82. The first-order valence-corrected chi connectivity index (χ1v) is 10.7. The Labute approximate surface area is 168 Å². The van der Waals surface area contributed by atoms with Gasteiger partial charge in [-0.25, -0.2) is 0 Å². The molecule has 3 aliphatic rings. The number of nitrogens with zero attached hydrogens (tertiary/aromatic N) is 1. The summed E-state index contributed by atoms with van der Waals surface area (Å²) >= 11 is 5.30. The Bertz CT molecular complexity index is 1090. The van der Waals surface area contributed by atoms with Crippen LogP contribution in [0.25, 0.3) is 10.9 Å². The van der Waals surface area contributed by atoms with Crippen LogP contribution < -0.4 is 10.9 Å². The van der Waals surface area contributed by atoms with Gasteiger partial charge in [-0.05, 0) is 79.8 Å². The molecule has 2 N–H and O–H groups in total. The molecule has 28 heavy (non-hydrogen) atoms. The van der Waals surface area contributed by atoms with Crippen molar-refractivity contribution in [1.82, 2.24) is 14.9 Å². The van der Waals surface area contributed by atoms with Gasteiger partial charge in [0.1, 0.15) is 0 Å². The fourth-order valence-electron chi connectivity index (χ4n) is 6.18. The van der Waals surface area contributed by atoms with Crippen molar-refractivity contribution in [2.75, 3.05) is 0 Å². The molecule has 2 aromatic rings. The first-order valence-electron chi connectivity index (χ1n) is 10.3. The predicted molar refractivity (Wildman–Crippen MR) is 112 cm³/mol. The van der Waals surface area contributed by atoms with Crippen LogP contribution in [-0.2, 0) is 6.54 Å². The number of benzene rings is 1. The Morgan fingerprint density at radius 3 is 2.93 bits per heavy atom. The Kier molecular flexibility index (Phi) is 4.27. The van der Waals surface area contributed by atoms with Gasteiger partial charge in [0.25, 0.3) is 11.5 Å². The molecule has 2 bridgehead atoms. The Hall–Kier alpha value is -2.21. The largest absolute Gasteiger partial charge is 0.349 e. The number of amides is 1. The molecule has 1 aromatic carbocycles. The van der Waals surface area contributed by atoms with Crippen LogP contribution in [0.15, 0.2) is 35.6 Å². The summed E-state index contributed by atoms with van der Waals surface area (Å²) < 4.78 is 1.81. The van der Waals surface area contributed by atoms with E-state index in [0.29, 0.717) is 39.7 Å². The van der Waals surface area contributed by atoms with Gasteiger partial charge in [0.05, 0.1) is 10.9 Å².